The average Bonchev–Trinajstić information content (AvgIpc) is 4.06. The second kappa shape index (κ2) is 15.1. The Kier molecular flexibility index (Phi) is 9.57. The van der Waals surface area contributed by atoms with Gasteiger partial charge in [-0.3, -0.25) is 0 Å². The van der Waals surface area contributed by atoms with Crippen LogP contribution in [0.2, 0.25) is 13.1 Å². The fraction of sp³-hybridized carbons (Fsp3) is 0.262. The van der Waals surface area contributed by atoms with Crippen molar-refractivity contribution in [2.75, 3.05) is 0 Å². The van der Waals surface area contributed by atoms with Gasteiger partial charge >= 0.3 is 0 Å². The molecule has 0 aliphatic heterocycles. The second-order valence-corrected chi connectivity index (χ2v) is 28.6. The molecule has 4 nitrogen and oxygen atoms in total. The standard InChI is InChI=1S/C65H64N2O2Si/c1-38(2)39-14-22-55-47(30-39)48-31-40(63(3,4)5)15-23-56(48)66(55)43-18-26-59-51(34-43)53-36-45(20-28-61(53)68-59)70(12,13)46-21-29-62-54(37-46)52-35-44(19-27-60(52)69-62)67-57-24-16-41(64(6,7)8)32-49(57)50-33-42(65(9,10)11)17-25-58(50)67/h14-38H,1-13H3. The molecule has 5 heteroatoms. The van der Waals surface area contributed by atoms with E-state index in [-0.39, 0.29) is 16.2 Å². The van der Waals surface area contributed by atoms with E-state index in [9.17, 15) is 0 Å². The van der Waals surface area contributed by atoms with Crippen LogP contribution in [-0.4, -0.2) is 17.2 Å². The van der Waals surface area contributed by atoms with Crippen molar-refractivity contribution in [1.82, 2.24) is 9.13 Å². The lowest BCUT2D eigenvalue weighted by molar-refractivity contribution is 0.590. The molecule has 0 N–H and O–H groups in total. The van der Waals surface area contributed by atoms with Crippen LogP contribution in [0.25, 0.3) is 98.9 Å². The number of fused-ring (bicyclic) bond motifs is 12. The molecular formula is C65H64N2O2Si. The van der Waals surface area contributed by atoms with Gasteiger partial charge in [0.05, 0.1) is 22.1 Å². The van der Waals surface area contributed by atoms with Crippen LogP contribution in [0.1, 0.15) is 104 Å². The van der Waals surface area contributed by atoms with Gasteiger partial charge in [-0.25, -0.2) is 0 Å². The fourth-order valence-electron chi connectivity index (χ4n) is 11.1. The summed E-state index contributed by atoms with van der Waals surface area (Å²) < 4.78 is 18.1. The predicted molar refractivity (Wildman–Crippen MR) is 303 cm³/mol. The van der Waals surface area contributed by atoms with E-state index in [0.29, 0.717) is 5.92 Å². The Morgan fingerprint density at radius 2 is 0.686 bits per heavy atom. The van der Waals surface area contributed by atoms with Gasteiger partial charge in [-0.05, 0) is 141 Å². The molecule has 12 aromatic rings. The molecule has 4 heterocycles. The monoisotopic (exact) mass is 932 g/mol. The van der Waals surface area contributed by atoms with Crippen molar-refractivity contribution in [1.29, 1.82) is 0 Å². The third-order valence-corrected chi connectivity index (χ3v) is 19.2. The van der Waals surface area contributed by atoms with Crippen LogP contribution in [0.4, 0.5) is 0 Å². The lowest BCUT2D eigenvalue weighted by Crippen LogP contribution is -2.52. The molecule has 0 atom stereocenters. The normalized spacial score (nSPS) is 13.3. The van der Waals surface area contributed by atoms with Gasteiger partial charge < -0.3 is 18.0 Å². The zero-order valence-corrected chi connectivity index (χ0v) is 44.1. The van der Waals surface area contributed by atoms with E-state index in [4.69, 9.17) is 8.83 Å². The van der Waals surface area contributed by atoms with Gasteiger partial charge in [-0.2, -0.15) is 0 Å². The molecular weight excluding hydrogens is 869 g/mol. The second-order valence-electron chi connectivity index (χ2n) is 24.2. The molecule has 0 aliphatic carbocycles. The minimum atomic E-state index is -2.26. The van der Waals surface area contributed by atoms with E-state index < -0.39 is 8.07 Å². The lowest BCUT2D eigenvalue weighted by Gasteiger charge is -2.24. The number of aromatic nitrogens is 2. The van der Waals surface area contributed by atoms with E-state index in [1.807, 2.05) is 0 Å². The van der Waals surface area contributed by atoms with E-state index in [0.717, 1.165) is 55.3 Å². The molecule has 0 saturated heterocycles. The number of benzene rings is 8. The van der Waals surface area contributed by atoms with Crippen LogP contribution in [0.5, 0.6) is 0 Å². The Balaban J connectivity index is 0.968. The Morgan fingerprint density at radius 1 is 0.357 bits per heavy atom. The summed E-state index contributed by atoms with van der Waals surface area (Å²) in [5.41, 5.74) is 16.3. The Bertz CT molecular complexity index is 4050. The first-order chi connectivity index (χ1) is 33.1. The molecule has 12 rings (SSSR count). The summed E-state index contributed by atoms with van der Waals surface area (Å²) in [4.78, 5) is 0. The summed E-state index contributed by atoms with van der Waals surface area (Å²) in [6.45, 7) is 30.2. The maximum Gasteiger partial charge on any atom is 0.135 e. The molecule has 8 aromatic carbocycles. The Labute approximate surface area is 412 Å². The van der Waals surface area contributed by atoms with Gasteiger partial charge in [0, 0.05) is 54.5 Å². The molecule has 0 fully saturated rings. The number of nitrogens with zero attached hydrogens (tertiary/aromatic N) is 2. The summed E-state index contributed by atoms with van der Waals surface area (Å²) in [6, 6.07) is 55.5. The highest BCUT2D eigenvalue weighted by Gasteiger charge is 2.29. The SMILES string of the molecule is CC(C)c1ccc2c(c1)c1cc(C(C)(C)C)ccc1n2-c1ccc2oc3ccc([Si](C)(C)c4ccc5oc6ccc(-n7c8ccc(C(C)(C)C)cc8c8cc(C(C)(C)C)ccc87)cc6c5c4)cc3c2c1. The predicted octanol–water partition coefficient (Wildman–Crippen LogP) is 17.5. The van der Waals surface area contributed by atoms with Gasteiger partial charge in [-0.1, -0.05) is 148 Å². The van der Waals surface area contributed by atoms with Crippen molar-refractivity contribution >= 4 is 106 Å². The molecule has 0 aliphatic rings. The van der Waals surface area contributed by atoms with Crippen molar-refractivity contribution in [2.45, 2.75) is 111 Å². The first-order valence-electron chi connectivity index (χ1n) is 25.3. The van der Waals surface area contributed by atoms with E-state index in [1.54, 1.807) is 0 Å². The number of hydrogen-bond donors (Lipinski definition) is 0. The Hall–Kier alpha value is -6.82. The zero-order valence-electron chi connectivity index (χ0n) is 43.1. The smallest absolute Gasteiger partial charge is 0.135 e. The maximum atomic E-state index is 6.60. The molecule has 0 unspecified atom stereocenters. The van der Waals surface area contributed by atoms with Crippen molar-refractivity contribution in [2.24, 2.45) is 0 Å². The third-order valence-electron chi connectivity index (χ3n) is 15.7. The van der Waals surface area contributed by atoms with Crippen molar-refractivity contribution < 1.29 is 8.83 Å². The summed E-state index contributed by atoms with van der Waals surface area (Å²) >= 11 is 0. The molecule has 0 radical (unpaired) electrons. The molecule has 350 valence electrons. The molecule has 4 aromatic heterocycles. The van der Waals surface area contributed by atoms with Crippen molar-refractivity contribution in [3.8, 4) is 11.4 Å². The van der Waals surface area contributed by atoms with Crippen molar-refractivity contribution in [3.05, 3.63) is 168 Å². The van der Waals surface area contributed by atoms with Gasteiger partial charge in [0.15, 0.2) is 0 Å². The minimum absolute atomic E-state index is 0.0408. The number of rotatable bonds is 5. The summed E-state index contributed by atoms with van der Waals surface area (Å²) in [7, 11) is -2.26. The quantitative estimate of drug-likeness (QED) is 0.161. The summed E-state index contributed by atoms with van der Waals surface area (Å²) in [6.07, 6.45) is 0. The molecule has 0 saturated carbocycles. The molecule has 70 heavy (non-hydrogen) atoms. The van der Waals surface area contributed by atoms with Crippen LogP contribution in [0, 0.1) is 0 Å². The average molecular weight is 933 g/mol. The Morgan fingerprint density at radius 3 is 1.04 bits per heavy atom. The highest BCUT2D eigenvalue weighted by molar-refractivity contribution is 7.00. The third kappa shape index (κ3) is 6.90. The first-order valence-corrected chi connectivity index (χ1v) is 28.3. The van der Waals surface area contributed by atoms with E-state index >= 15 is 0 Å². The highest BCUT2D eigenvalue weighted by atomic mass is 28.3. The van der Waals surface area contributed by atoms with Crippen LogP contribution >= 0.6 is 0 Å². The fourth-order valence-corrected chi connectivity index (χ4v) is 13.5. The van der Waals surface area contributed by atoms with Crippen molar-refractivity contribution in [3.63, 3.8) is 0 Å². The van der Waals surface area contributed by atoms with E-state index in [2.05, 4.69) is 244 Å². The van der Waals surface area contributed by atoms with Gasteiger partial charge in [0.2, 0.25) is 0 Å². The van der Waals surface area contributed by atoms with Crippen LogP contribution < -0.4 is 10.4 Å². The topological polar surface area (TPSA) is 36.1 Å². The number of hydrogen-bond acceptors (Lipinski definition) is 2. The van der Waals surface area contributed by atoms with Crippen LogP contribution in [0.3, 0.4) is 0 Å². The van der Waals surface area contributed by atoms with Gasteiger partial charge in [-0.15, -0.1) is 0 Å². The van der Waals surface area contributed by atoms with Gasteiger partial charge in [0.25, 0.3) is 0 Å². The molecule has 0 bridgehead atoms. The molecule has 0 spiro atoms. The molecule has 0 amide bonds. The first kappa shape index (κ1) is 44.4. The van der Waals surface area contributed by atoms with E-state index in [1.165, 1.54) is 76.2 Å². The lowest BCUT2D eigenvalue weighted by atomic mass is 9.85. The zero-order chi connectivity index (χ0) is 49.0. The highest BCUT2D eigenvalue weighted by Crippen LogP contribution is 2.41. The van der Waals surface area contributed by atoms with Gasteiger partial charge in [0.1, 0.15) is 30.4 Å². The van der Waals surface area contributed by atoms with Crippen LogP contribution in [0.15, 0.2) is 154 Å². The summed E-state index contributed by atoms with van der Waals surface area (Å²) in [5.74, 6) is 0.445. The largest absolute Gasteiger partial charge is 0.456 e. The maximum absolute atomic E-state index is 6.60. The van der Waals surface area contributed by atoms with Crippen LogP contribution in [-0.2, 0) is 16.2 Å². The minimum Gasteiger partial charge on any atom is -0.456 e. The number of furan rings is 2. The summed E-state index contributed by atoms with van der Waals surface area (Å²) in [5, 5.41) is 12.5.